The summed E-state index contributed by atoms with van der Waals surface area (Å²) >= 11 is 5.30. The van der Waals surface area contributed by atoms with Crippen molar-refractivity contribution >= 4 is 17.6 Å². The van der Waals surface area contributed by atoms with Crippen LogP contribution < -0.4 is 0 Å². The van der Waals surface area contributed by atoms with Gasteiger partial charge in [-0.25, -0.2) is 9.78 Å². The first kappa shape index (κ1) is 8.61. The Labute approximate surface area is 71.9 Å². The van der Waals surface area contributed by atoms with Crippen LogP contribution in [0.1, 0.15) is 10.4 Å². The molecule has 0 aromatic carbocycles. The van der Waals surface area contributed by atoms with E-state index in [1.807, 2.05) is 0 Å². The lowest BCUT2D eigenvalue weighted by atomic mass is 10.2. The van der Waals surface area contributed by atoms with Crippen molar-refractivity contribution in [2.24, 2.45) is 0 Å². The van der Waals surface area contributed by atoms with Gasteiger partial charge in [0, 0.05) is 6.20 Å². The summed E-state index contributed by atoms with van der Waals surface area (Å²) in [7, 11) is 0. The van der Waals surface area contributed by atoms with Gasteiger partial charge in [0.2, 0.25) is 5.88 Å². The van der Waals surface area contributed by atoms with E-state index in [9.17, 15) is 4.79 Å². The zero-order valence-electron chi connectivity index (χ0n) is 5.65. The summed E-state index contributed by atoms with van der Waals surface area (Å²) in [5.41, 5.74) is -0.446. The highest BCUT2D eigenvalue weighted by molar-refractivity contribution is 6.33. The fourth-order valence-corrected chi connectivity index (χ4v) is 0.775. The fraction of sp³-hybridized carbons (Fsp3) is 0. The fourth-order valence-electron chi connectivity index (χ4n) is 0.624. The lowest BCUT2D eigenvalue weighted by molar-refractivity contribution is 0.0693. The van der Waals surface area contributed by atoms with Crippen LogP contribution in [-0.4, -0.2) is 26.3 Å². The normalized spacial score (nSPS) is 9.75. The minimum Gasteiger partial charge on any atom is -0.505 e. The number of hydrogen-bond acceptors (Lipinski definition) is 4. The molecule has 0 fully saturated rings. The highest BCUT2D eigenvalue weighted by Gasteiger charge is 2.16. The van der Waals surface area contributed by atoms with Crippen LogP contribution in [0.2, 0.25) is 5.02 Å². The van der Waals surface area contributed by atoms with Crippen molar-refractivity contribution in [3.05, 3.63) is 16.8 Å². The first-order valence-electron chi connectivity index (χ1n) is 2.83. The molecule has 0 saturated heterocycles. The Hall–Kier alpha value is -1.49. The topological polar surface area (TPSA) is 90.7 Å². The SMILES string of the molecule is O=C(O)c1cnc(O)c(Cl)c1O. The molecule has 0 aliphatic heterocycles. The Balaban J connectivity index is 3.36. The van der Waals surface area contributed by atoms with E-state index in [2.05, 4.69) is 4.98 Å². The van der Waals surface area contributed by atoms with E-state index in [1.165, 1.54) is 0 Å². The number of aromatic carboxylic acids is 1. The molecule has 0 aliphatic carbocycles. The monoisotopic (exact) mass is 189 g/mol. The maximum absolute atomic E-state index is 10.3. The summed E-state index contributed by atoms with van der Waals surface area (Å²) < 4.78 is 0. The zero-order chi connectivity index (χ0) is 9.30. The molecule has 1 aromatic heterocycles. The Bertz CT molecular complexity index is 339. The predicted octanol–water partition coefficient (Wildman–Crippen LogP) is 0.844. The van der Waals surface area contributed by atoms with Crippen LogP contribution in [0.4, 0.5) is 0 Å². The van der Waals surface area contributed by atoms with E-state index in [0.29, 0.717) is 0 Å². The summed E-state index contributed by atoms with van der Waals surface area (Å²) in [5.74, 6) is -2.64. The van der Waals surface area contributed by atoms with Gasteiger partial charge in [-0.2, -0.15) is 0 Å². The van der Waals surface area contributed by atoms with Gasteiger partial charge in [-0.3, -0.25) is 0 Å². The third kappa shape index (κ3) is 1.26. The van der Waals surface area contributed by atoms with Crippen LogP contribution in [0.25, 0.3) is 0 Å². The van der Waals surface area contributed by atoms with Crippen molar-refractivity contribution in [2.45, 2.75) is 0 Å². The number of rotatable bonds is 1. The highest BCUT2D eigenvalue weighted by atomic mass is 35.5. The Morgan fingerprint density at radius 3 is 2.58 bits per heavy atom. The molecule has 0 aliphatic rings. The van der Waals surface area contributed by atoms with Gasteiger partial charge in [0.1, 0.15) is 10.6 Å². The van der Waals surface area contributed by atoms with Gasteiger partial charge in [-0.15, -0.1) is 0 Å². The Morgan fingerprint density at radius 2 is 2.08 bits per heavy atom. The van der Waals surface area contributed by atoms with Crippen LogP contribution in [0.5, 0.6) is 11.6 Å². The lowest BCUT2D eigenvalue weighted by Gasteiger charge is -2.01. The molecule has 12 heavy (non-hydrogen) atoms. The molecule has 0 atom stereocenters. The van der Waals surface area contributed by atoms with Gasteiger partial charge in [0.15, 0.2) is 5.75 Å². The second-order valence-electron chi connectivity index (χ2n) is 1.96. The third-order valence-electron chi connectivity index (χ3n) is 1.21. The quantitative estimate of drug-likeness (QED) is 0.609. The van der Waals surface area contributed by atoms with Gasteiger partial charge in [-0.05, 0) is 0 Å². The van der Waals surface area contributed by atoms with Crippen LogP contribution in [0, 0.1) is 0 Å². The largest absolute Gasteiger partial charge is 0.505 e. The number of aromatic nitrogens is 1. The summed E-state index contributed by atoms with van der Waals surface area (Å²) in [6.07, 6.45) is 0.818. The number of carboxylic acid groups (broad SMARTS) is 1. The molecule has 1 heterocycles. The molecule has 0 spiro atoms. The van der Waals surface area contributed by atoms with Gasteiger partial charge in [-0.1, -0.05) is 11.6 Å². The number of hydrogen-bond donors (Lipinski definition) is 3. The number of halogens is 1. The van der Waals surface area contributed by atoms with Gasteiger partial charge < -0.3 is 15.3 Å². The molecule has 6 heteroatoms. The standard InChI is InChI=1S/C6H4ClNO4/c7-3-4(9)2(6(11)12)1-8-5(3)10/h1H,(H,11,12)(H2,8,9,10). The Morgan fingerprint density at radius 1 is 1.50 bits per heavy atom. The van der Waals surface area contributed by atoms with Crippen LogP contribution in [-0.2, 0) is 0 Å². The van der Waals surface area contributed by atoms with E-state index in [0.717, 1.165) is 6.20 Å². The number of nitrogens with zero attached hydrogens (tertiary/aromatic N) is 1. The molecule has 1 rings (SSSR count). The van der Waals surface area contributed by atoms with Crippen molar-refractivity contribution in [1.29, 1.82) is 0 Å². The van der Waals surface area contributed by atoms with Gasteiger partial charge in [0.25, 0.3) is 0 Å². The van der Waals surface area contributed by atoms with E-state index in [-0.39, 0.29) is 0 Å². The number of carboxylic acids is 1. The smallest absolute Gasteiger partial charge is 0.341 e. The average molecular weight is 190 g/mol. The highest BCUT2D eigenvalue weighted by Crippen LogP contribution is 2.32. The summed E-state index contributed by atoms with van der Waals surface area (Å²) in [6.45, 7) is 0. The van der Waals surface area contributed by atoms with Crippen LogP contribution in [0.3, 0.4) is 0 Å². The predicted molar refractivity (Wildman–Crippen MR) is 39.5 cm³/mol. The molecular weight excluding hydrogens is 186 g/mol. The summed E-state index contributed by atoms with van der Waals surface area (Å²) in [6, 6.07) is 0. The zero-order valence-corrected chi connectivity index (χ0v) is 6.41. The van der Waals surface area contributed by atoms with Crippen LogP contribution >= 0.6 is 11.6 Å². The molecule has 1 aromatic rings. The number of aromatic hydroxyl groups is 2. The van der Waals surface area contributed by atoms with E-state index < -0.39 is 28.2 Å². The lowest BCUT2D eigenvalue weighted by Crippen LogP contribution is -1.97. The maximum Gasteiger partial charge on any atom is 0.341 e. The minimum atomic E-state index is -1.36. The molecule has 0 amide bonds. The van der Waals surface area contributed by atoms with E-state index in [1.54, 1.807) is 0 Å². The maximum atomic E-state index is 10.3. The van der Waals surface area contributed by atoms with Crippen LogP contribution in [0.15, 0.2) is 6.20 Å². The third-order valence-corrected chi connectivity index (χ3v) is 1.55. The first-order chi connectivity index (χ1) is 5.54. The second-order valence-corrected chi connectivity index (χ2v) is 2.34. The molecule has 0 bridgehead atoms. The number of pyridine rings is 1. The summed E-state index contributed by atoms with van der Waals surface area (Å²) in [4.78, 5) is 13.6. The van der Waals surface area contributed by atoms with Crippen molar-refractivity contribution < 1.29 is 20.1 Å². The molecular formula is C6H4ClNO4. The molecule has 0 radical (unpaired) electrons. The van der Waals surface area contributed by atoms with Gasteiger partial charge in [0.05, 0.1) is 0 Å². The molecule has 3 N–H and O–H groups in total. The second kappa shape index (κ2) is 2.86. The minimum absolute atomic E-state index is 0.446. The van der Waals surface area contributed by atoms with E-state index >= 15 is 0 Å². The average Bonchev–Trinajstić information content (AvgIpc) is 2.00. The van der Waals surface area contributed by atoms with Crippen molar-refractivity contribution in [3.63, 3.8) is 0 Å². The van der Waals surface area contributed by atoms with Crippen molar-refractivity contribution in [1.82, 2.24) is 4.98 Å². The summed E-state index contributed by atoms with van der Waals surface area (Å²) in [5, 5.41) is 25.8. The number of carbonyl (C=O) groups is 1. The van der Waals surface area contributed by atoms with E-state index in [4.69, 9.17) is 26.9 Å². The molecule has 0 saturated carbocycles. The molecule has 64 valence electrons. The Kier molecular flexibility index (Phi) is 2.05. The van der Waals surface area contributed by atoms with Gasteiger partial charge >= 0.3 is 5.97 Å². The van der Waals surface area contributed by atoms with Crippen molar-refractivity contribution in [2.75, 3.05) is 0 Å². The molecule has 5 nitrogen and oxygen atoms in total. The van der Waals surface area contributed by atoms with Crippen molar-refractivity contribution in [3.8, 4) is 11.6 Å². The molecule has 0 unspecified atom stereocenters. The first-order valence-corrected chi connectivity index (χ1v) is 3.21.